The lowest BCUT2D eigenvalue weighted by Gasteiger charge is -2.12. The van der Waals surface area contributed by atoms with Crippen LogP contribution in [0.5, 0.6) is 0 Å². The number of ether oxygens (including phenoxy) is 1. The largest absolute Gasteiger partial charge is 0.465 e. The van der Waals surface area contributed by atoms with Gasteiger partial charge in [0, 0.05) is 35.8 Å². The van der Waals surface area contributed by atoms with Crippen LogP contribution in [-0.2, 0) is 16.1 Å². The van der Waals surface area contributed by atoms with E-state index in [0.717, 1.165) is 23.0 Å². The van der Waals surface area contributed by atoms with Crippen molar-refractivity contribution in [1.82, 2.24) is 9.47 Å². The minimum absolute atomic E-state index is 0.0621. The maximum absolute atomic E-state index is 13.3. The number of aromatic nitrogens is 1. The first-order valence-electron chi connectivity index (χ1n) is 12.1. The second kappa shape index (κ2) is 10.5. The monoisotopic (exact) mass is 509 g/mol. The maximum atomic E-state index is 13.3. The molecule has 2 heterocycles. The zero-order valence-electron chi connectivity index (χ0n) is 21.0. The van der Waals surface area contributed by atoms with Gasteiger partial charge >= 0.3 is 5.97 Å². The van der Waals surface area contributed by atoms with Gasteiger partial charge < -0.3 is 9.30 Å². The molecule has 37 heavy (non-hydrogen) atoms. The van der Waals surface area contributed by atoms with Gasteiger partial charge in [0.1, 0.15) is 0 Å². The molecule has 6 nitrogen and oxygen atoms in total. The molecule has 5 rings (SSSR count). The first-order chi connectivity index (χ1) is 18.0. The number of aryl methyl sites for hydroxylation is 1. The molecule has 0 N–H and O–H groups in total. The molecule has 0 unspecified atom stereocenters. The molecular formula is C30H27N3O3S. The van der Waals surface area contributed by atoms with Crippen LogP contribution >= 0.6 is 11.8 Å². The number of para-hydroxylation sites is 1. The minimum Gasteiger partial charge on any atom is -0.465 e. The highest BCUT2D eigenvalue weighted by Crippen LogP contribution is 2.35. The summed E-state index contributed by atoms with van der Waals surface area (Å²) in [6.07, 6.45) is 4.08. The normalized spacial score (nSPS) is 15.8. The molecule has 0 atom stereocenters. The van der Waals surface area contributed by atoms with Gasteiger partial charge in [-0.05, 0) is 67.6 Å². The summed E-state index contributed by atoms with van der Waals surface area (Å²) in [6, 6.07) is 23.6. The number of nitrogens with zero attached hydrogens (tertiary/aromatic N) is 3. The predicted molar refractivity (Wildman–Crippen MR) is 150 cm³/mol. The van der Waals surface area contributed by atoms with Gasteiger partial charge in [-0.25, -0.2) is 9.79 Å². The Morgan fingerprint density at radius 2 is 1.84 bits per heavy atom. The van der Waals surface area contributed by atoms with Gasteiger partial charge in [0.2, 0.25) is 0 Å². The SMILES string of the molecule is CCN1C(=O)/C(=C\c2cn(Cc3cccc(C)c3)c3ccccc23)SC1=Nc1ccc(C(=O)OC)cc1. The minimum atomic E-state index is -0.397. The number of thioether (sulfide) groups is 1. The molecule has 1 saturated heterocycles. The van der Waals surface area contributed by atoms with Crippen LogP contribution in [0.1, 0.15) is 34.0 Å². The van der Waals surface area contributed by atoms with Crippen LogP contribution in [0.15, 0.2) is 88.9 Å². The number of carbonyl (C=O) groups is 2. The number of fused-ring (bicyclic) bond motifs is 1. The predicted octanol–water partition coefficient (Wildman–Crippen LogP) is 6.41. The Hall–Kier alpha value is -4.10. The summed E-state index contributed by atoms with van der Waals surface area (Å²) in [5.41, 5.74) is 5.71. The van der Waals surface area contributed by atoms with E-state index in [2.05, 4.69) is 54.1 Å². The van der Waals surface area contributed by atoms with E-state index >= 15 is 0 Å². The van der Waals surface area contributed by atoms with Crippen molar-refractivity contribution >= 4 is 51.5 Å². The van der Waals surface area contributed by atoms with E-state index in [4.69, 9.17) is 9.73 Å². The lowest BCUT2D eigenvalue weighted by molar-refractivity contribution is -0.122. The highest BCUT2D eigenvalue weighted by atomic mass is 32.2. The number of amides is 1. The van der Waals surface area contributed by atoms with Crippen LogP contribution in [-0.4, -0.2) is 40.2 Å². The Labute approximate surface area is 220 Å². The fourth-order valence-corrected chi connectivity index (χ4v) is 5.49. The highest BCUT2D eigenvalue weighted by Gasteiger charge is 2.32. The second-order valence-corrected chi connectivity index (χ2v) is 9.82. The number of rotatable bonds is 6. The first kappa shape index (κ1) is 24.6. The smallest absolute Gasteiger partial charge is 0.337 e. The standard InChI is InChI=1S/C30H27N3O3S/c1-4-33-28(34)27(37-30(33)31-24-14-12-22(13-15-24)29(35)36-3)17-23-19-32(26-11-6-5-10-25(23)26)18-21-9-7-8-20(2)16-21/h5-17,19H,4,18H2,1-3H3/b27-17+,31-30?. The van der Waals surface area contributed by atoms with Crippen molar-refractivity contribution in [3.05, 3.63) is 106 Å². The van der Waals surface area contributed by atoms with Gasteiger partial charge in [0.05, 0.1) is 23.3 Å². The molecule has 3 aromatic carbocycles. The number of hydrogen-bond acceptors (Lipinski definition) is 5. The summed E-state index contributed by atoms with van der Waals surface area (Å²) in [5.74, 6) is -0.459. The number of hydrogen-bond donors (Lipinski definition) is 0. The summed E-state index contributed by atoms with van der Waals surface area (Å²) in [7, 11) is 1.35. The number of benzene rings is 3. The fraction of sp³-hybridized carbons (Fsp3) is 0.167. The number of aliphatic imine (C=N–C) groups is 1. The van der Waals surface area contributed by atoms with Crippen molar-refractivity contribution in [1.29, 1.82) is 0 Å². The molecule has 186 valence electrons. The molecule has 1 aliphatic heterocycles. The van der Waals surface area contributed by atoms with Crippen molar-refractivity contribution in [3.63, 3.8) is 0 Å². The van der Waals surface area contributed by atoms with Crippen LogP contribution in [0.4, 0.5) is 5.69 Å². The number of esters is 1. The first-order valence-corrected chi connectivity index (χ1v) is 12.9. The molecule has 0 saturated carbocycles. The van der Waals surface area contributed by atoms with E-state index in [-0.39, 0.29) is 5.91 Å². The Morgan fingerprint density at radius 3 is 2.57 bits per heavy atom. The van der Waals surface area contributed by atoms with Crippen molar-refractivity contribution in [2.45, 2.75) is 20.4 Å². The summed E-state index contributed by atoms with van der Waals surface area (Å²) < 4.78 is 6.99. The Bertz CT molecular complexity index is 1550. The van der Waals surface area contributed by atoms with Crippen LogP contribution in [0, 0.1) is 6.92 Å². The average molecular weight is 510 g/mol. The van der Waals surface area contributed by atoms with Crippen LogP contribution in [0.3, 0.4) is 0 Å². The Balaban J connectivity index is 1.47. The molecule has 0 spiro atoms. The van der Waals surface area contributed by atoms with E-state index in [1.54, 1.807) is 29.2 Å². The van der Waals surface area contributed by atoms with Crippen LogP contribution in [0.2, 0.25) is 0 Å². The average Bonchev–Trinajstić information content (AvgIpc) is 3.40. The van der Waals surface area contributed by atoms with Crippen molar-refractivity contribution in [2.24, 2.45) is 4.99 Å². The quantitative estimate of drug-likeness (QED) is 0.223. The lowest BCUT2D eigenvalue weighted by atomic mass is 10.1. The van der Waals surface area contributed by atoms with Gasteiger partial charge in [-0.3, -0.25) is 9.69 Å². The number of methoxy groups -OCH3 is 1. The molecule has 0 aliphatic carbocycles. The van der Waals surface area contributed by atoms with Gasteiger partial charge in [0.15, 0.2) is 5.17 Å². The molecule has 1 amide bonds. The second-order valence-electron chi connectivity index (χ2n) is 8.81. The van der Waals surface area contributed by atoms with E-state index in [0.29, 0.717) is 27.9 Å². The van der Waals surface area contributed by atoms with Crippen LogP contribution in [0.25, 0.3) is 17.0 Å². The molecule has 1 aromatic heterocycles. The van der Waals surface area contributed by atoms with Gasteiger partial charge in [0.25, 0.3) is 5.91 Å². The highest BCUT2D eigenvalue weighted by molar-refractivity contribution is 8.18. The topological polar surface area (TPSA) is 63.9 Å². The summed E-state index contributed by atoms with van der Waals surface area (Å²) in [6.45, 7) is 5.30. The summed E-state index contributed by atoms with van der Waals surface area (Å²) in [4.78, 5) is 32.0. The molecule has 0 bridgehead atoms. The van der Waals surface area contributed by atoms with Gasteiger partial charge in [-0.15, -0.1) is 0 Å². The zero-order valence-corrected chi connectivity index (χ0v) is 21.8. The fourth-order valence-electron chi connectivity index (χ4n) is 4.44. The number of likely N-dealkylation sites (N-methyl/N-ethyl adjacent to an activating group) is 1. The van der Waals surface area contributed by atoms with E-state index in [1.165, 1.54) is 30.0 Å². The molecule has 1 fully saturated rings. The van der Waals surface area contributed by atoms with Crippen molar-refractivity contribution in [2.75, 3.05) is 13.7 Å². The zero-order chi connectivity index (χ0) is 25.9. The summed E-state index contributed by atoms with van der Waals surface area (Å²) >= 11 is 1.37. The molecule has 1 aliphatic rings. The molecule has 7 heteroatoms. The maximum Gasteiger partial charge on any atom is 0.337 e. The third kappa shape index (κ3) is 5.08. The number of amidine groups is 1. The molecule has 0 radical (unpaired) electrons. The molecule has 4 aromatic rings. The number of carbonyl (C=O) groups excluding carboxylic acids is 2. The lowest BCUT2D eigenvalue weighted by Crippen LogP contribution is -2.28. The Kier molecular flexibility index (Phi) is 6.97. The third-order valence-corrected chi connectivity index (χ3v) is 7.27. The van der Waals surface area contributed by atoms with Crippen molar-refractivity contribution in [3.8, 4) is 0 Å². The molecular weight excluding hydrogens is 482 g/mol. The van der Waals surface area contributed by atoms with Gasteiger partial charge in [-0.2, -0.15) is 0 Å². The van der Waals surface area contributed by atoms with Crippen molar-refractivity contribution < 1.29 is 14.3 Å². The van der Waals surface area contributed by atoms with E-state index in [9.17, 15) is 9.59 Å². The third-order valence-electron chi connectivity index (χ3n) is 6.26. The van der Waals surface area contributed by atoms with E-state index < -0.39 is 5.97 Å². The van der Waals surface area contributed by atoms with Gasteiger partial charge in [-0.1, -0.05) is 48.0 Å². The summed E-state index contributed by atoms with van der Waals surface area (Å²) in [5, 5.41) is 1.72. The van der Waals surface area contributed by atoms with E-state index in [1.807, 2.05) is 25.1 Å². The Morgan fingerprint density at radius 1 is 1.05 bits per heavy atom. The van der Waals surface area contributed by atoms with Crippen LogP contribution < -0.4 is 0 Å².